The lowest BCUT2D eigenvalue weighted by atomic mass is 10.0. The molecule has 0 aromatic heterocycles. The molecule has 8 nitrogen and oxygen atoms in total. The van der Waals surface area contributed by atoms with Gasteiger partial charge >= 0.3 is 0 Å². The first-order valence-corrected chi connectivity index (χ1v) is 16.3. The van der Waals surface area contributed by atoms with Crippen molar-refractivity contribution in [3.63, 3.8) is 0 Å². The van der Waals surface area contributed by atoms with Crippen molar-refractivity contribution in [2.24, 2.45) is 0 Å². The lowest BCUT2D eigenvalue weighted by molar-refractivity contribution is -0.141. The number of aryl methyl sites for hydroxylation is 1. The molecule has 0 aliphatic rings. The smallest absolute Gasteiger partial charge is 0.243 e. The first-order chi connectivity index (χ1) is 20.1. The van der Waals surface area contributed by atoms with Gasteiger partial charge < -0.3 is 15.0 Å². The Morgan fingerprint density at radius 3 is 2.21 bits per heavy atom. The van der Waals surface area contributed by atoms with Crippen molar-refractivity contribution in [2.75, 3.05) is 30.3 Å². The minimum atomic E-state index is -3.65. The average molecular weight is 594 g/mol. The molecule has 1 atom stereocenters. The third-order valence-corrected chi connectivity index (χ3v) is 8.06. The lowest BCUT2D eigenvalue weighted by Gasteiger charge is -2.32. The zero-order valence-electron chi connectivity index (χ0n) is 25.1. The lowest BCUT2D eigenvalue weighted by Crippen LogP contribution is -2.50. The number of benzene rings is 3. The van der Waals surface area contributed by atoms with Crippen LogP contribution in [0.1, 0.15) is 49.8 Å². The number of para-hydroxylation sites is 2. The van der Waals surface area contributed by atoms with Gasteiger partial charge in [-0.25, -0.2) is 8.42 Å². The van der Waals surface area contributed by atoms with Gasteiger partial charge in [0.15, 0.2) is 0 Å². The number of rotatable bonds is 16. The van der Waals surface area contributed by atoms with E-state index in [1.807, 2.05) is 75.4 Å². The summed E-state index contributed by atoms with van der Waals surface area (Å²) in [7, 11) is -3.65. The van der Waals surface area contributed by atoms with E-state index in [0.29, 0.717) is 31.0 Å². The summed E-state index contributed by atoms with van der Waals surface area (Å²) < 4.78 is 32.5. The fourth-order valence-corrected chi connectivity index (χ4v) is 5.70. The summed E-state index contributed by atoms with van der Waals surface area (Å²) in [5.41, 5.74) is 3.41. The Bertz CT molecular complexity index is 1390. The van der Waals surface area contributed by atoms with Crippen LogP contribution in [0.5, 0.6) is 5.75 Å². The second-order valence-corrected chi connectivity index (χ2v) is 12.3. The molecule has 0 heterocycles. The molecule has 42 heavy (non-hydrogen) atoms. The van der Waals surface area contributed by atoms with E-state index in [9.17, 15) is 18.0 Å². The van der Waals surface area contributed by atoms with Crippen molar-refractivity contribution in [3.8, 4) is 5.75 Å². The van der Waals surface area contributed by atoms with Crippen molar-refractivity contribution in [2.45, 2.75) is 59.0 Å². The van der Waals surface area contributed by atoms with Gasteiger partial charge in [-0.1, -0.05) is 79.2 Å². The minimum Gasteiger partial charge on any atom is -0.492 e. The Kier molecular flexibility index (Phi) is 12.4. The largest absolute Gasteiger partial charge is 0.492 e. The summed E-state index contributed by atoms with van der Waals surface area (Å²) >= 11 is 0. The zero-order valence-corrected chi connectivity index (χ0v) is 25.9. The SMILES string of the molecule is CCCNC(=O)[C@H](Cc1ccccc1)N(Cc1ccc(C)cc1)C(=O)CCCN(c1ccccc1OCC)S(C)(=O)=O. The maximum Gasteiger partial charge on any atom is 0.243 e. The Hall–Kier alpha value is -3.85. The van der Waals surface area contributed by atoms with Crippen molar-refractivity contribution in [1.82, 2.24) is 10.2 Å². The highest BCUT2D eigenvalue weighted by atomic mass is 32.2. The predicted molar refractivity (Wildman–Crippen MR) is 168 cm³/mol. The second-order valence-electron chi connectivity index (χ2n) is 10.3. The number of sulfonamides is 1. The Morgan fingerprint density at radius 2 is 1.57 bits per heavy atom. The molecule has 9 heteroatoms. The molecule has 1 N–H and O–H groups in total. The third-order valence-electron chi connectivity index (χ3n) is 6.88. The first-order valence-electron chi connectivity index (χ1n) is 14.5. The Labute approximate surface area is 250 Å². The highest BCUT2D eigenvalue weighted by Gasteiger charge is 2.30. The van der Waals surface area contributed by atoms with Crippen LogP contribution in [-0.2, 0) is 32.6 Å². The number of nitrogens with zero attached hydrogens (tertiary/aromatic N) is 2. The fraction of sp³-hybridized carbons (Fsp3) is 0.394. The standard InChI is InChI=1S/C33H43N3O5S/c1-5-22-34-33(38)30(24-27-13-8-7-9-14-27)35(25-28-20-18-26(3)19-21-28)32(37)17-12-23-36(42(4,39)40)29-15-10-11-16-31(29)41-6-2/h7-11,13-16,18-21,30H,5-6,12,17,22-25H2,1-4H3,(H,34,38)/t30-/m0/s1. The van der Waals surface area contributed by atoms with Gasteiger partial charge in [-0.3, -0.25) is 13.9 Å². The van der Waals surface area contributed by atoms with Crippen LogP contribution in [0.4, 0.5) is 5.69 Å². The third kappa shape index (κ3) is 9.62. The quantitative estimate of drug-likeness (QED) is 0.249. The number of ether oxygens (including phenoxy) is 1. The van der Waals surface area contributed by atoms with Gasteiger partial charge in [-0.15, -0.1) is 0 Å². The van der Waals surface area contributed by atoms with Gasteiger partial charge in [0.05, 0.1) is 18.6 Å². The normalized spacial score (nSPS) is 11.9. The van der Waals surface area contributed by atoms with Gasteiger partial charge in [-0.05, 0) is 49.9 Å². The van der Waals surface area contributed by atoms with Crippen molar-refractivity contribution < 1.29 is 22.7 Å². The molecular formula is C33H43N3O5S. The van der Waals surface area contributed by atoms with E-state index in [-0.39, 0.29) is 37.7 Å². The average Bonchev–Trinajstić information content (AvgIpc) is 2.97. The van der Waals surface area contributed by atoms with Crippen LogP contribution in [0.15, 0.2) is 78.9 Å². The van der Waals surface area contributed by atoms with Crippen LogP contribution in [-0.4, -0.2) is 57.1 Å². The number of hydrogen-bond donors (Lipinski definition) is 1. The summed E-state index contributed by atoms with van der Waals surface area (Å²) in [6, 6.07) is 23.8. The molecule has 0 fully saturated rings. The van der Waals surface area contributed by atoms with Crippen LogP contribution in [0.25, 0.3) is 0 Å². The maximum atomic E-state index is 13.9. The van der Waals surface area contributed by atoms with Crippen LogP contribution in [0.3, 0.4) is 0 Å². The Morgan fingerprint density at radius 1 is 0.905 bits per heavy atom. The van der Waals surface area contributed by atoms with Crippen LogP contribution < -0.4 is 14.4 Å². The van der Waals surface area contributed by atoms with E-state index in [2.05, 4.69) is 5.32 Å². The van der Waals surface area contributed by atoms with Crippen LogP contribution in [0.2, 0.25) is 0 Å². The van der Waals surface area contributed by atoms with Crippen LogP contribution >= 0.6 is 0 Å². The Balaban J connectivity index is 1.88. The molecule has 0 spiro atoms. The highest BCUT2D eigenvalue weighted by molar-refractivity contribution is 7.92. The molecule has 0 aliphatic carbocycles. The molecule has 226 valence electrons. The maximum absolute atomic E-state index is 13.9. The first kappa shape index (κ1) is 32.7. The molecule has 0 unspecified atom stereocenters. The summed E-state index contributed by atoms with van der Waals surface area (Å²) in [5.74, 6) is 0.0486. The highest BCUT2D eigenvalue weighted by Crippen LogP contribution is 2.30. The van der Waals surface area contributed by atoms with Gasteiger partial charge in [0.1, 0.15) is 11.8 Å². The molecule has 2 amide bonds. The molecule has 0 radical (unpaired) electrons. The summed E-state index contributed by atoms with van der Waals surface area (Å²) in [6.07, 6.45) is 2.63. The number of hydrogen-bond acceptors (Lipinski definition) is 5. The topological polar surface area (TPSA) is 96.0 Å². The number of amides is 2. The molecule has 0 bridgehead atoms. The van der Waals surface area contributed by atoms with E-state index in [1.165, 1.54) is 4.31 Å². The monoisotopic (exact) mass is 593 g/mol. The molecule has 0 saturated heterocycles. The number of nitrogens with one attached hydrogen (secondary N) is 1. The molecule has 3 aromatic carbocycles. The minimum absolute atomic E-state index is 0.0705. The van der Waals surface area contributed by atoms with Gasteiger partial charge in [0, 0.05) is 32.5 Å². The number of carbonyl (C=O) groups excluding carboxylic acids is 2. The molecule has 0 saturated carbocycles. The van der Waals surface area contributed by atoms with Gasteiger partial charge in [-0.2, -0.15) is 0 Å². The molecule has 3 rings (SSSR count). The van der Waals surface area contributed by atoms with E-state index in [4.69, 9.17) is 4.74 Å². The predicted octanol–water partition coefficient (Wildman–Crippen LogP) is 5.11. The summed E-state index contributed by atoms with van der Waals surface area (Å²) in [6.45, 7) is 7.09. The van der Waals surface area contributed by atoms with Gasteiger partial charge in [0.2, 0.25) is 21.8 Å². The second kappa shape index (κ2) is 16.0. The summed E-state index contributed by atoms with van der Waals surface area (Å²) in [5, 5.41) is 2.98. The van der Waals surface area contributed by atoms with Crippen molar-refractivity contribution >= 4 is 27.5 Å². The fourth-order valence-electron chi connectivity index (χ4n) is 4.73. The van der Waals surface area contributed by atoms with E-state index >= 15 is 0 Å². The van der Waals surface area contributed by atoms with Gasteiger partial charge in [0.25, 0.3) is 0 Å². The number of carbonyl (C=O) groups is 2. The molecule has 3 aromatic rings. The molecular weight excluding hydrogens is 550 g/mol. The van der Waals surface area contributed by atoms with Crippen molar-refractivity contribution in [1.29, 1.82) is 0 Å². The van der Waals surface area contributed by atoms with Crippen molar-refractivity contribution in [3.05, 3.63) is 95.6 Å². The summed E-state index contributed by atoms with van der Waals surface area (Å²) in [4.78, 5) is 29.0. The van der Waals surface area contributed by atoms with E-state index in [0.717, 1.165) is 29.4 Å². The zero-order chi connectivity index (χ0) is 30.5. The number of anilines is 1. The molecule has 0 aliphatic heterocycles. The van der Waals surface area contributed by atoms with E-state index in [1.54, 1.807) is 29.2 Å². The van der Waals surface area contributed by atoms with Crippen LogP contribution in [0, 0.1) is 6.92 Å². The van der Waals surface area contributed by atoms with E-state index < -0.39 is 16.1 Å².